The normalized spacial score (nSPS) is 24.5. The number of carbonyl (C=O) groups is 1. The summed E-state index contributed by atoms with van der Waals surface area (Å²) in [5, 5.41) is 2.94. The lowest BCUT2D eigenvalue weighted by Gasteiger charge is -2.27. The highest BCUT2D eigenvalue weighted by molar-refractivity contribution is 5.79. The van der Waals surface area contributed by atoms with Gasteiger partial charge in [0.1, 0.15) is 5.60 Å². The van der Waals surface area contributed by atoms with E-state index < -0.39 is 5.60 Å². The summed E-state index contributed by atoms with van der Waals surface area (Å²) < 4.78 is 10.9. The van der Waals surface area contributed by atoms with E-state index in [0.29, 0.717) is 19.8 Å². The number of benzene rings is 1. The van der Waals surface area contributed by atoms with Crippen LogP contribution in [0.3, 0.4) is 0 Å². The molecule has 0 aromatic heterocycles. The number of amides is 1. The highest BCUT2D eigenvalue weighted by Crippen LogP contribution is 2.23. The Morgan fingerprint density at radius 3 is 2.76 bits per heavy atom. The molecule has 1 aliphatic rings. The molecule has 1 aliphatic heterocycles. The second-order valence-corrected chi connectivity index (χ2v) is 5.63. The van der Waals surface area contributed by atoms with E-state index in [1.807, 2.05) is 37.3 Å². The third kappa shape index (κ3) is 3.81. The number of carbonyl (C=O) groups excluding carboxylic acids is 1. The Kier molecular flexibility index (Phi) is 5.33. The summed E-state index contributed by atoms with van der Waals surface area (Å²) in [5.41, 5.74) is 6.74. The summed E-state index contributed by atoms with van der Waals surface area (Å²) in [6.07, 6.45) is 0.795. The predicted molar refractivity (Wildman–Crippen MR) is 80.7 cm³/mol. The Bertz CT molecular complexity index is 458. The molecule has 1 saturated heterocycles. The lowest BCUT2D eigenvalue weighted by atomic mass is 9.94. The van der Waals surface area contributed by atoms with Gasteiger partial charge in [-0.05, 0) is 5.56 Å². The number of hydrogen-bond donors (Lipinski definition) is 2. The minimum atomic E-state index is -0.397. The van der Waals surface area contributed by atoms with Gasteiger partial charge in [-0.25, -0.2) is 0 Å². The maximum absolute atomic E-state index is 12.3. The molecule has 1 amide bonds. The fourth-order valence-electron chi connectivity index (χ4n) is 2.50. The molecule has 3 unspecified atom stereocenters. The van der Waals surface area contributed by atoms with Gasteiger partial charge in [0, 0.05) is 32.7 Å². The van der Waals surface area contributed by atoms with Gasteiger partial charge in [0.25, 0.3) is 0 Å². The van der Waals surface area contributed by atoms with Gasteiger partial charge in [-0.2, -0.15) is 0 Å². The molecule has 0 radical (unpaired) electrons. The van der Waals surface area contributed by atoms with Gasteiger partial charge in [0.2, 0.25) is 5.91 Å². The largest absolute Gasteiger partial charge is 0.378 e. The van der Waals surface area contributed by atoms with E-state index in [0.717, 1.165) is 12.0 Å². The van der Waals surface area contributed by atoms with Crippen LogP contribution in [0.5, 0.6) is 0 Å². The van der Waals surface area contributed by atoms with Gasteiger partial charge in [0.05, 0.1) is 12.5 Å². The maximum Gasteiger partial charge on any atom is 0.224 e. The average molecular weight is 292 g/mol. The highest BCUT2D eigenvalue weighted by atomic mass is 16.5. The minimum Gasteiger partial charge on any atom is -0.378 e. The van der Waals surface area contributed by atoms with E-state index in [2.05, 4.69) is 5.32 Å². The molecule has 2 rings (SSSR count). The molecular weight excluding hydrogens is 268 g/mol. The summed E-state index contributed by atoms with van der Waals surface area (Å²) >= 11 is 0. The molecule has 0 aliphatic carbocycles. The Labute approximate surface area is 125 Å². The molecule has 5 nitrogen and oxygen atoms in total. The molecule has 1 aromatic carbocycles. The molecule has 21 heavy (non-hydrogen) atoms. The Morgan fingerprint density at radius 1 is 1.48 bits per heavy atom. The lowest BCUT2D eigenvalue weighted by molar-refractivity contribution is -0.126. The van der Waals surface area contributed by atoms with Crippen molar-refractivity contribution < 1.29 is 14.3 Å². The average Bonchev–Trinajstić information content (AvgIpc) is 3.01. The van der Waals surface area contributed by atoms with Crippen LogP contribution in [-0.2, 0) is 14.3 Å². The summed E-state index contributed by atoms with van der Waals surface area (Å²) in [4.78, 5) is 12.3. The van der Waals surface area contributed by atoms with Crippen molar-refractivity contribution in [3.63, 3.8) is 0 Å². The first-order valence-electron chi connectivity index (χ1n) is 7.29. The smallest absolute Gasteiger partial charge is 0.224 e. The van der Waals surface area contributed by atoms with Crippen molar-refractivity contribution >= 4 is 5.91 Å². The van der Waals surface area contributed by atoms with Crippen molar-refractivity contribution in [3.05, 3.63) is 35.9 Å². The van der Waals surface area contributed by atoms with Crippen LogP contribution < -0.4 is 11.1 Å². The fraction of sp³-hybridized carbons (Fsp3) is 0.562. The van der Waals surface area contributed by atoms with E-state index >= 15 is 0 Å². The zero-order valence-electron chi connectivity index (χ0n) is 12.7. The van der Waals surface area contributed by atoms with Crippen LogP contribution in [0.2, 0.25) is 0 Å². The van der Waals surface area contributed by atoms with Crippen molar-refractivity contribution in [2.75, 3.05) is 26.9 Å². The van der Waals surface area contributed by atoms with Crippen LogP contribution in [0.15, 0.2) is 30.3 Å². The highest BCUT2D eigenvalue weighted by Gasteiger charge is 2.36. The third-order valence-electron chi connectivity index (χ3n) is 4.22. The number of hydrogen-bond acceptors (Lipinski definition) is 4. The van der Waals surface area contributed by atoms with E-state index in [1.54, 1.807) is 7.11 Å². The van der Waals surface area contributed by atoms with Crippen LogP contribution in [0, 0.1) is 5.92 Å². The predicted octanol–water partition coefficient (Wildman–Crippen LogP) is 1.24. The number of ether oxygens (including phenoxy) is 2. The van der Waals surface area contributed by atoms with Gasteiger partial charge >= 0.3 is 0 Å². The SMILES string of the molecule is COC1(CNC(=O)C(C)C(N)c2ccccc2)CCOC1. The molecule has 3 N–H and O–H groups in total. The minimum absolute atomic E-state index is 0.0605. The van der Waals surface area contributed by atoms with Gasteiger partial charge in [-0.15, -0.1) is 0 Å². The lowest BCUT2D eigenvalue weighted by Crippen LogP contribution is -2.47. The maximum atomic E-state index is 12.3. The molecule has 0 spiro atoms. The van der Waals surface area contributed by atoms with Crippen molar-refractivity contribution in [1.29, 1.82) is 0 Å². The number of nitrogens with one attached hydrogen (secondary N) is 1. The molecule has 0 bridgehead atoms. The molecule has 116 valence electrons. The van der Waals surface area contributed by atoms with Crippen LogP contribution in [-0.4, -0.2) is 38.4 Å². The van der Waals surface area contributed by atoms with Gasteiger partial charge in [-0.3, -0.25) is 4.79 Å². The van der Waals surface area contributed by atoms with Crippen LogP contribution >= 0.6 is 0 Å². The van der Waals surface area contributed by atoms with E-state index in [1.165, 1.54) is 0 Å². The summed E-state index contributed by atoms with van der Waals surface area (Å²) in [7, 11) is 1.65. The molecule has 1 fully saturated rings. The molecular formula is C16H24N2O3. The van der Waals surface area contributed by atoms with Crippen molar-refractivity contribution in [2.45, 2.75) is 25.0 Å². The zero-order chi connectivity index (χ0) is 15.3. The molecule has 5 heteroatoms. The number of nitrogens with two attached hydrogens (primary N) is 1. The van der Waals surface area contributed by atoms with E-state index in [9.17, 15) is 4.79 Å². The summed E-state index contributed by atoms with van der Waals surface area (Å²) in [6, 6.07) is 9.35. The molecule has 1 heterocycles. The first kappa shape index (κ1) is 15.9. The van der Waals surface area contributed by atoms with Gasteiger partial charge in [0.15, 0.2) is 0 Å². The van der Waals surface area contributed by atoms with Crippen molar-refractivity contribution in [3.8, 4) is 0 Å². The summed E-state index contributed by atoms with van der Waals surface area (Å²) in [5.74, 6) is -0.363. The topological polar surface area (TPSA) is 73.6 Å². The van der Waals surface area contributed by atoms with Crippen molar-refractivity contribution in [2.24, 2.45) is 11.7 Å². The second kappa shape index (κ2) is 7.02. The monoisotopic (exact) mass is 292 g/mol. The fourth-order valence-corrected chi connectivity index (χ4v) is 2.50. The molecule has 3 atom stereocenters. The van der Waals surface area contributed by atoms with Gasteiger partial charge in [-0.1, -0.05) is 37.3 Å². The standard InChI is InChI=1S/C16H24N2O3/c1-12(14(17)13-6-4-3-5-7-13)15(19)18-10-16(20-2)8-9-21-11-16/h3-7,12,14H,8-11,17H2,1-2H3,(H,18,19). The van der Waals surface area contributed by atoms with E-state index in [4.69, 9.17) is 15.2 Å². The zero-order valence-corrected chi connectivity index (χ0v) is 12.7. The Balaban J connectivity index is 1.90. The number of methoxy groups -OCH3 is 1. The van der Waals surface area contributed by atoms with Crippen LogP contribution in [0.4, 0.5) is 0 Å². The quantitative estimate of drug-likeness (QED) is 0.827. The first-order valence-corrected chi connectivity index (χ1v) is 7.29. The molecule has 0 saturated carbocycles. The van der Waals surface area contributed by atoms with E-state index in [-0.39, 0.29) is 17.9 Å². The van der Waals surface area contributed by atoms with Gasteiger partial charge < -0.3 is 20.5 Å². The van der Waals surface area contributed by atoms with Crippen molar-refractivity contribution in [1.82, 2.24) is 5.32 Å². The third-order valence-corrected chi connectivity index (χ3v) is 4.22. The molecule has 1 aromatic rings. The second-order valence-electron chi connectivity index (χ2n) is 5.63. The Hall–Kier alpha value is -1.43. The van der Waals surface area contributed by atoms with Crippen LogP contribution in [0.25, 0.3) is 0 Å². The number of rotatable bonds is 6. The van der Waals surface area contributed by atoms with Crippen LogP contribution in [0.1, 0.15) is 24.9 Å². The first-order chi connectivity index (χ1) is 10.1. The Morgan fingerprint density at radius 2 is 2.19 bits per heavy atom. The summed E-state index contributed by atoms with van der Waals surface area (Å²) in [6.45, 7) is 3.48.